The van der Waals surface area contributed by atoms with Crippen molar-refractivity contribution in [1.29, 1.82) is 0 Å². The summed E-state index contributed by atoms with van der Waals surface area (Å²) < 4.78 is 103. The van der Waals surface area contributed by atoms with E-state index in [1.54, 1.807) is 13.8 Å². The van der Waals surface area contributed by atoms with E-state index < -0.39 is 45.4 Å². The maximum Gasteiger partial charge on any atom is 0.452 e. The van der Waals surface area contributed by atoms with Crippen LogP contribution in [0.5, 0.6) is 0 Å². The highest BCUT2D eigenvalue weighted by molar-refractivity contribution is 7.33. The van der Waals surface area contributed by atoms with Crippen LogP contribution in [0.3, 0.4) is 0 Å². The monoisotopic (exact) mass is 448 g/mol. The number of alkyl halides is 6. The molecule has 0 saturated heterocycles. The van der Waals surface area contributed by atoms with E-state index in [1.165, 1.54) is 0 Å². The van der Waals surface area contributed by atoms with Crippen molar-refractivity contribution in [3.05, 3.63) is 0 Å². The number of alkyl carbamates (subject to hydrolysis) is 2. The van der Waals surface area contributed by atoms with Gasteiger partial charge in [-0.05, 0) is 12.8 Å². The van der Waals surface area contributed by atoms with E-state index in [9.17, 15) is 40.5 Å². The van der Waals surface area contributed by atoms with Crippen molar-refractivity contribution in [2.24, 2.45) is 0 Å². The van der Waals surface area contributed by atoms with Crippen LogP contribution in [0.15, 0.2) is 0 Å². The highest BCUT2D eigenvalue weighted by Crippen LogP contribution is 2.38. The van der Waals surface area contributed by atoms with E-state index in [0.29, 0.717) is 12.8 Å². The lowest BCUT2D eigenvalue weighted by atomic mass is 10.5. The quantitative estimate of drug-likeness (QED) is 0.299. The summed E-state index contributed by atoms with van der Waals surface area (Å²) in [5.41, 5.74) is 0. The van der Waals surface area contributed by atoms with Gasteiger partial charge in [-0.15, -0.1) is 0 Å². The maximum absolute atomic E-state index is 12.8. The van der Waals surface area contributed by atoms with Gasteiger partial charge < -0.3 is 20.1 Å². The summed E-state index contributed by atoms with van der Waals surface area (Å²) in [5.74, 6) is 0. The minimum absolute atomic E-state index is 0.0635. The van der Waals surface area contributed by atoms with E-state index in [-0.39, 0.29) is 13.1 Å². The molecule has 0 aromatic heterocycles. The van der Waals surface area contributed by atoms with E-state index in [4.69, 9.17) is 0 Å². The Kier molecular flexibility index (Phi) is 11.2. The van der Waals surface area contributed by atoms with E-state index >= 15 is 0 Å². The molecule has 0 bridgehead atoms. The second-order valence-electron chi connectivity index (χ2n) is 4.90. The van der Waals surface area contributed by atoms with Gasteiger partial charge in [0, 0.05) is 13.1 Å². The molecule has 9 nitrogen and oxygen atoms in total. The standard InChI is InChI=1S/C12H19F6N2O7P/c1-3-5-19-9(21)24-7(11(13,14)15)26-28(23)27-8(12(16,17)18)25-10(22)20-6-4-2/h7-8,28H,3-6H2,1-2H3,(H,19,21)(H,20,22)/t7-,8-/m0/s1. The topological polar surface area (TPSA) is 112 Å². The fourth-order valence-corrected chi connectivity index (χ4v) is 2.02. The number of hydrogen-bond acceptors (Lipinski definition) is 7. The zero-order valence-corrected chi connectivity index (χ0v) is 15.6. The molecule has 0 aromatic rings. The van der Waals surface area contributed by atoms with Crippen LogP contribution in [0, 0.1) is 0 Å². The second-order valence-corrected chi connectivity index (χ2v) is 5.87. The molecule has 2 amide bonds. The molecule has 2 N–H and O–H groups in total. The average molecular weight is 448 g/mol. The number of hydrogen-bond donors (Lipinski definition) is 2. The summed E-state index contributed by atoms with van der Waals surface area (Å²) in [7, 11) is -4.58. The van der Waals surface area contributed by atoms with Gasteiger partial charge in [0.25, 0.3) is 0 Å². The fraction of sp³-hybridized carbons (Fsp3) is 0.833. The molecule has 28 heavy (non-hydrogen) atoms. The third-order valence-corrected chi connectivity index (χ3v) is 3.22. The second kappa shape index (κ2) is 12.0. The number of nitrogens with one attached hydrogen (secondary N) is 2. The number of carbonyl (C=O) groups is 2. The molecular formula is C12H19F6N2O7P. The van der Waals surface area contributed by atoms with Crippen molar-refractivity contribution in [3.8, 4) is 0 Å². The molecule has 0 saturated carbocycles. The summed E-state index contributed by atoms with van der Waals surface area (Å²) >= 11 is 0. The first-order valence-electron chi connectivity index (χ1n) is 7.70. The summed E-state index contributed by atoms with van der Waals surface area (Å²) in [6.45, 7) is 3.04. The van der Waals surface area contributed by atoms with Crippen LogP contribution in [0.1, 0.15) is 26.7 Å². The van der Waals surface area contributed by atoms with Crippen molar-refractivity contribution >= 4 is 20.4 Å². The smallest absolute Gasteiger partial charge is 0.409 e. The molecule has 16 heteroatoms. The Morgan fingerprint density at radius 3 is 1.39 bits per heavy atom. The minimum Gasteiger partial charge on any atom is -0.409 e. The van der Waals surface area contributed by atoms with Gasteiger partial charge in [-0.1, -0.05) is 13.8 Å². The first-order valence-corrected chi connectivity index (χ1v) is 8.93. The summed E-state index contributed by atoms with van der Waals surface area (Å²) in [6, 6.07) is 0. The summed E-state index contributed by atoms with van der Waals surface area (Å²) in [4.78, 5) is 22.3. The molecule has 0 aliphatic rings. The fourth-order valence-electron chi connectivity index (χ4n) is 1.25. The molecular weight excluding hydrogens is 429 g/mol. The van der Waals surface area contributed by atoms with Crippen LogP contribution in [0.4, 0.5) is 35.9 Å². The van der Waals surface area contributed by atoms with Crippen LogP contribution >= 0.6 is 8.25 Å². The van der Waals surface area contributed by atoms with Gasteiger partial charge in [0.1, 0.15) is 0 Å². The highest BCUT2D eigenvalue weighted by atomic mass is 31.1. The molecule has 0 spiro atoms. The largest absolute Gasteiger partial charge is 0.452 e. The Labute approximate surface area is 156 Å². The Morgan fingerprint density at radius 2 is 1.14 bits per heavy atom. The van der Waals surface area contributed by atoms with Crippen molar-refractivity contribution in [2.45, 2.75) is 51.6 Å². The minimum atomic E-state index is -5.43. The zero-order valence-electron chi connectivity index (χ0n) is 14.6. The predicted molar refractivity (Wildman–Crippen MR) is 80.4 cm³/mol. The average Bonchev–Trinajstić information content (AvgIpc) is 2.55. The lowest BCUT2D eigenvalue weighted by molar-refractivity contribution is -0.279. The van der Waals surface area contributed by atoms with Crippen molar-refractivity contribution in [1.82, 2.24) is 10.6 Å². The Balaban J connectivity index is 5.01. The molecule has 2 atom stereocenters. The first kappa shape index (κ1) is 26.3. The molecule has 0 aliphatic heterocycles. The Morgan fingerprint density at radius 1 is 0.821 bits per heavy atom. The van der Waals surface area contributed by atoms with Crippen molar-refractivity contribution in [3.63, 3.8) is 0 Å². The normalized spacial score (nSPS) is 14.3. The van der Waals surface area contributed by atoms with Crippen molar-refractivity contribution in [2.75, 3.05) is 13.1 Å². The van der Waals surface area contributed by atoms with Gasteiger partial charge in [-0.3, -0.25) is 13.6 Å². The third kappa shape index (κ3) is 11.2. The summed E-state index contributed by atoms with van der Waals surface area (Å²) in [6.07, 6.45) is -20.3. The van der Waals surface area contributed by atoms with Gasteiger partial charge >= 0.3 is 45.4 Å². The lowest BCUT2D eigenvalue weighted by Gasteiger charge is -2.23. The van der Waals surface area contributed by atoms with Gasteiger partial charge in [0.15, 0.2) is 0 Å². The number of amides is 2. The van der Waals surface area contributed by atoms with Gasteiger partial charge in [-0.2, -0.15) is 26.3 Å². The molecule has 0 radical (unpaired) electrons. The highest BCUT2D eigenvalue weighted by Gasteiger charge is 2.49. The molecule has 0 rings (SSSR count). The van der Waals surface area contributed by atoms with Crippen LogP contribution < -0.4 is 10.6 Å². The van der Waals surface area contributed by atoms with Gasteiger partial charge in [0.2, 0.25) is 0 Å². The molecule has 0 fully saturated rings. The number of ether oxygens (including phenoxy) is 2. The SMILES string of the molecule is CCCNC(=O)O[C@@H](O[PH](=O)O[C@H](OC(=O)NCCC)C(F)(F)F)C(F)(F)F. The predicted octanol–water partition coefficient (Wildman–Crippen LogP) is 3.46. The maximum atomic E-state index is 12.8. The molecule has 0 aromatic carbocycles. The van der Waals surface area contributed by atoms with Crippen LogP contribution in [-0.4, -0.2) is 50.2 Å². The lowest BCUT2D eigenvalue weighted by Crippen LogP contribution is -2.40. The van der Waals surface area contributed by atoms with Gasteiger partial charge in [-0.25, -0.2) is 9.59 Å². The Bertz CT molecular complexity index is 488. The first-order chi connectivity index (χ1) is 12.8. The van der Waals surface area contributed by atoms with Crippen LogP contribution in [0.25, 0.3) is 0 Å². The molecule has 0 heterocycles. The van der Waals surface area contributed by atoms with E-state index in [1.807, 2.05) is 10.6 Å². The molecule has 166 valence electrons. The van der Waals surface area contributed by atoms with Crippen LogP contribution in [-0.2, 0) is 23.1 Å². The van der Waals surface area contributed by atoms with E-state index in [2.05, 4.69) is 18.5 Å². The van der Waals surface area contributed by atoms with E-state index in [0.717, 1.165) is 0 Å². The molecule has 0 unspecified atom stereocenters. The third-order valence-electron chi connectivity index (χ3n) is 2.41. The molecule has 0 aliphatic carbocycles. The Hall–Kier alpha value is -1.73. The number of carbonyl (C=O) groups excluding carboxylic acids is 2. The van der Waals surface area contributed by atoms with Crippen LogP contribution in [0.2, 0.25) is 0 Å². The number of halogens is 6. The number of rotatable bonds is 10. The summed E-state index contributed by atoms with van der Waals surface area (Å²) in [5, 5.41) is 3.78. The van der Waals surface area contributed by atoms with Gasteiger partial charge in [0.05, 0.1) is 0 Å². The van der Waals surface area contributed by atoms with Crippen molar-refractivity contribution < 1.29 is 59.0 Å². The zero-order chi connectivity index (χ0) is 22.0.